The summed E-state index contributed by atoms with van der Waals surface area (Å²) in [5.74, 6) is 0. The lowest BCUT2D eigenvalue weighted by Crippen LogP contribution is -2.27. The normalized spacial score (nSPS) is 25.1. The van der Waals surface area contributed by atoms with Crippen molar-refractivity contribution in [1.82, 2.24) is 0 Å². The molecular formula is C15H30O. The molecule has 1 heteroatoms. The van der Waals surface area contributed by atoms with Gasteiger partial charge in [-0.15, -0.1) is 0 Å². The maximum atomic E-state index is 5.71. The van der Waals surface area contributed by atoms with Crippen LogP contribution in [0, 0.1) is 0 Å². The van der Waals surface area contributed by atoms with Crippen LogP contribution < -0.4 is 0 Å². The molecule has 1 aliphatic rings. The van der Waals surface area contributed by atoms with Gasteiger partial charge in [-0.25, -0.2) is 0 Å². The van der Waals surface area contributed by atoms with Gasteiger partial charge in [0.1, 0.15) is 0 Å². The molecule has 1 aliphatic carbocycles. The van der Waals surface area contributed by atoms with Crippen molar-refractivity contribution in [3.05, 3.63) is 0 Å². The monoisotopic (exact) mass is 226 g/mol. The highest BCUT2D eigenvalue weighted by molar-refractivity contribution is 4.74. The minimum absolute atomic E-state index is 0.161. The van der Waals surface area contributed by atoms with Crippen LogP contribution in [-0.2, 0) is 4.74 Å². The molecule has 0 aromatic heterocycles. The predicted octanol–water partition coefficient (Wildman–Crippen LogP) is 5.09. The minimum atomic E-state index is 0.161. The van der Waals surface area contributed by atoms with Gasteiger partial charge in [0, 0.05) is 7.11 Å². The standard InChI is InChI=1S/C15H30O/c1-15(16-2)13-11-9-7-5-3-4-6-8-10-12-14-15/h3-14H2,1-2H3. The Morgan fingerprint density at radius 3 is 1.25 bits per heavy atom. The molecule has 0 aromatic rings. The molecule has 0 amide bonds. The lowest BCUT2D eigenvalue weighted by Gasteiger charge is -2.28. The van der Waals surface area contributed by atoms with Gasteiger partial charge in [-0.2, -0.15) is 0 Å². The summed E-state index contributed by atoms with van der Waals surface area (Å²) in [7, 11) is 1.89. The van der Waals surface area contributed by atoms with Gasteiger partial charge in [-0.1, -0.05) is 64.2 Å². The molecule has 0 atom stereocenters. The van der Waals surface area contributed by atoms with Crippen LogP contribution in [0.5, 0.6) is 0 Å². The van der Waals surface area contributed by atoms with Gasteiger partial charge < -0.3 is 4.74 Å². The number of methoxy groups -OCH3 is 1. The topological polar surface area (TPSA) is 9.23 Å². The second-order valence-electron chi connectivity index (χ2n) is 5.69. The van der Waals surface area contributed by atoms with Crippen LogP contribution in [0.3, 0.4) is 0 Å². The molecule has 0 bridgehead atoms. The first-order valence-electron chi connectivity index (χ1n) is 7.32. The number of rotatable bonds is 1. The summed E-state index contributed by atoms with van der Waals surface area (Å²) in [5.41, 5.74) is 0.161. The van der Waals surface area contributed by atoms with Crippen LogP contribution in [0.15, 0.2) is 0 Å². The highest BCUT2D eigenvalue weighted by Gasteiger charge is 2.22. The molecule has 0 N–H and O–H groups in total. The molecule has 16 heavy (non-hydrogen) atoms. The lowest BCUT2D eigenvalue weighted by atomic mass is 9.91. The highest BCUT2D eigenvalue weighted by atomic mass is 16.5. The second-order valence-corrected chi connectivity index (χ2v) is 5.69. The maximum absolute atomic E-state index is 5.71. The summed E-state index contributed by atoms with van der Waals surface area (Å²) in [6.07, 6.45) is 16.7. The average molecular weight is 226 g/mol. The highest BCUT2D eigenvalue weighted by Crippen LogP contribution is 2.26. The van der Waals surface area contributed by atoms with Crippen LogP contribution in [0.2, 0.25) is 0 Å². The molecule has 96 valence electrons. The Kier molecular flexibility index (Phi) is 7.11. The van der Waals surface area contributed by atoms with Gasteiger partial charge in [0.25, 0.3) is 0 Å². The van der Waals surface area contributed by atoms with Gasteiger partial charge >= 0.3 is 0 Å². The summed E-state index contributed by atoms with van der Waals surface area (Å²) >= 11 is 0. The van der Waals surface area contributed by atoms with E-state index in [4.69, 9.17) is 4.74 Å². The largest absolute Gasteiger partial charge is 0.379 e. The van der Waals surface area contributed by atoms with E-state index in [1.165, 1.54) is 77.0 Å². The average Bonchev–Trinajstić information content (AvgIpc) is 2.31. The minimum Gasteiger partial charge on any atom is -0.379 e. The Hall–Kier alpha value is -0.0400. The third-order valence-corrected chi connectivity index (χ3v) is 4.15. The molecule has 0 spiro atoms. The first kappa shape index (κ1) is 14.0. The first-order valence-corrected chi connectivity index (χ1v) is 7.32. The Bertz CT molecular complexity index is 151. The number of ether oxygens (including phenoxy) is 1. The van der Waals surface area contributed by atoms with Crippen molar-refractivity contribution in [2.45, 2.75) is 89.6 Å². The second kappa shape index (κ2) is 8.11. The van der Waals surface area contributed by atoms with E-state index in [1.54, 1.807) is 0 Å². The van der Waals surface area contributed by atoms with Gasteiger partial charge in [0.05, 0.1) is 5.60 Å². The Labute approximate surface area is 102 Å². The van der Waals surface area contributed by atoms with Crippen molar-refractivity contribution in [3.63, 3.8) is 0 Å². The third-order valence-electron chi connectivity index (χ3n) is 4.15. The molecule has 1 rings (SSSR count). The van der Waals surface area contributed by atoms with Crippen molar-refractivity contribution < 1.29 is 4.74 Å². The van der Waals surface area contributed by atoms with Crippen LogP contribution in [0.4, 0.5) is 0 Å². The summed E-state index contributed by atoms with van der Waals surface area (Å²) in [5, 5.41) is 0. The van der Waals surface area contributed by atoms with Crippen LogP contribution in [-0.4, -0.2) is 12.7 Å². The van der Waals surface area contributed by atoms with Gasteiger partial charge in [-0.3, -0.25) is 0 Å². The van der Waals surface area contributed by atoms with E-state index < -0.39 is 0 Å². The zero-order valence-electron chi connectivity index (χ0n) is 11.4. The fraction of sp³-hybridized carbons (Fsp3) is 1.00. The van der Waals surface area contributed by atoms with E-state index in [-0.39, 0.29) is 5.60 Å². The van der Waals surface area contributed by atoms with E-state index in [9.17, 15) is 0 Å². The van der Waals surface area contributed by atoms with Crippen molar-refractivity contribution in [2.75, 3.05) is 7.11 Å². The third kappa shape index (κ3) is 5.89. The Balaban J connectivity index is 2.32. The van der Waals surface area contributed by atoms with Crippen molar-refractivity contribution >= 4 is 0 Å². The van der Waals surface area contributed by atoms with Crippen LogP contribution in [0.1, 0.15) is 84.0 Å². The molecule has 0 saturated heterocycles. The first-order chi connectivity index (χ1) is 7.77. The lowest BCUT2D eigenvalue weighted by molar-refractivity contribution is -0.0120. The van der Waals surface area contributed by atoms with Gasteiger partial charge in [0.15, 0.2) is 0 Å². The molecule has 0 heterocycles. The molecule has 1 saturated carbocycles. The predicted molar refractivity (Wildman–Crippen MR) is 70.8 cm³/mol. The molecule has 1 fully saturated rings. The van der Waals surface area contributed by atoms with Gasteiger partial charge in [0.2, 0.25) is 0 Å². The van der Waals surface area contributed by atoms with Crippen molar-refractivity contribution in [1.29, 1.82) is 0 Å². The number of hydrogen-bond acceptors (Lipinski definition) is 1. The van der Waals surface area contributed by atoms with E-state index in [0.29, 0.717) is 0 Å². The summed E-state index contributed by atoms with van der Waals surface area (Å²) in [6.45, 7) is 2.30. The molecular weight excluding hydrogens is 196 g/mol. The summed E-state index contributed by atoms with van der Waals surface area (Å²) in [6, 6.07) is 0. The van der Waals surface area contributed by atoms with E-state index in [0.717, 1.165) is 0 Å². The fourth-order valence-electron chi connectivity index (χ4n) is 2.74. The quantitative estimate of drug-likeness (QED) is 0.605. The van der Waals surface area contributed by atoms with Crippen molar-refractivity contribution in [2.24, 2.45) is 0 Å². The molecule has 0 unspecified atom stereocenters. The SMILES string of the molecule is COC1(C)CCCCCCCCCCCC1. The van der Waals surface area contributed by atoms with E-state index in [2.05, 4.69) is 6.92 Å². The zero-order valence-corrected chi connectivity index (χ0v) is 11.4. The molecule has 0 radical (unpaired) electrons. The van der Waals surface area contributed by atoms with E-state index >= 15 is 0 Å². The number of hydrogen-bond donors (Lipinski definition) is 0. The zero-order chi connectivity index (χ0) is 11.7. The summed E-state index contributed by atoms with van der Waals surface area (Å²) < 4.78 is 5.71. The Morgan fingerprint density at radius 2 is 0.938 bits per heavy atom. The maximum Gasteiger partial charge on any atom is 0.0650 e. The van der Waals surface area contributed by atoms with Crippen LogP contribution >= 0.6 is 0 Å². The fourth-order valence-corrected chi connectivity index (χ4v) is 2.74. The van der Waals surface area contributed by atoms with Crippen molar-refractivity contribution in [3.8, 4) is 0 Å². The molecule has 0 aromatic carbocycles. The van der Waals surface area contributed by atoms with Crippen LogP contribution in [0.25, 0.3) is 0 Å². The Morgan fingerprint density at radius 1 is 0.625 bits per heavy atom. The smallest absolute Gasteiger partial charge is 0.0650 e. The molecule has 0 aliphatic heterocycles. The summed E-state index contributed by atoms with van der Waals surface area (Å²) in [4.78, 5) is 0. The van der Waals surface area contributed by atoms with Gasteiger partial charge in [-0.05, 0) is 19.8 Å². The van der Waals surface area contributed by atoms with E-state index in [1.807, 2.05) is 7.11 Å². The molecule has 1 nitrogen and oxygen atoms in total.